The van der Waals surface area contributed by atoms with E-state index in [9.17, 15) is 9.59 Å². The zero-order valence-corrected chi connectivity index (χ0v) is 15.6. The highest BCUT2D eigenvalue weighted by Gasteiger charge is 2.24. The third-order valence-electron chi connectivity index (χ3n) is 4.39. The molecule has 0 aliphatic carbocycles. The molecule has 6 nitrogen and oxygen atoms in total. The van der Waals surface area contributed by atoms with E-state index in [0.29, 0.717) is 22.5 Å². The van der Waals surface area contributed by atoms with Crippen molar-refractivity contribution in [3.8, 4) is 0 Å². The van der Waals surface area contributed by atoms with E-state index < -0.39 is 5.97 Å². The summed E-state index contributed by atoms with van der Waals surface area (Å²) in [6.07, 6.45) is 1.73. The van der Waals surface area contributed by atoms with Gasteiger partial charge in [-0.15, -0.1) is 0 Å². The summed E-state index contributed by atoms with van der Waals surface area (Å²) in [6, 6.07) is 7.72. The lowest BCUT2D eigenvalue weighted by Gasteiger charge is -2.09. The van der Waals surface area contributed by atoms with E-state index in [4.69, 9.17) is 4.74 Å². The number of H-pyrrole nitrogens is 1. The summed E-state index contributed by atoms with van der Waals surface area (Å²) in [5.41, 5.74) is 3.75. The zero-order valence-electron chi connectivity index (χ0n) is 15.6. The molecule has 2 aromatic heterocycles. The van der Waals surface area contributed by atoms with E-state index in [1.165, 1.54) is 0 Å². The van der Waals surface area contributed by atoms with Crippen LogP contribution in [0.4, 0.5) is 5.69 Å². The first kappa shape index (κ1) is 17.8. The molecule has 0 radical (unpaired) electrons. The van der Waals surface area contributed by atoms with Crippen molar-refractivity contribution in [3.63, 3.8) is 0 Å². The van der Waals surface area contributed by atoms with Crippen LogP contribution in [0, 0.1) is 13.8 Å². The van der Waals surface area contributed by atoms with Crippen LogP contribution in [0.15, 0.2) is 30.5 Å². The maximum atomic E-state index is 12.8. The number of rotatable bonds is 4. The number of carbonyl (C=O) groups excluding carboxylic acids is 2. The average molecular weight is 353 g/mol. The molecule has 1 aromatic carbocycles. The topological polar surface area (TPSA) is 76.1 Å². The van der Waals surface area contributed by atoms with Crippen LogP contribution >= 0.6 is 0 Å². The first-order chi connectivity index (χ1) is 12.3. The van der Waals surface area contributed by atoms with Crippen molar-refractivity contribution in [2.24, 2.45) is 7.05 Å². The van der Waals surface area contributed by atoms with Crippen molar-refractivity contribution in [1.82, 2.24) is 9.55 Å². The molecule has 1 amide bonds. The smallest absolute Gasteiger partial charge is 0.340 e. The molecule has 0 atom stereocenters. The van der Waals surface area contributed by atoms with E-state index in [0.717, 1.165) is 16.6 Å². The van der Waals surface area contributed by atoms with Gasteiger partial charge in [0.1, 0.15) is 5.69 Å². The third kappa shape index (κ3) is 3.10. The lowest BCUT2D eigenvalue weighted by atomic mass is 10.1. The van der Waals surface area contributed by atoms with Gasteiger partial charge >= 0.3 is 5.97 Å². The van der Waals surface area contributed by atoms with Gasteiger partial charge in [-0.3, -0.25) is 4.79 Å². The maximum absolute atomic E-state index is 12.8. The highest BCUT2D eigenvalue weighted by molar-refractivity contribution is 6.10. The number of aromatic amines is 1. The van der Waals surface area contributed by atoms with Crippen molar-refractivity contribution in [3.05, 3.63) is 53.0 Å². The summed E-state index contributed by atoms with van der Waals surface area (Å²) in [5, 5.41) is 3.90. The first-order valence-electron chi connectivity index (χ1n) is 8.55. The monoisotopic (exact) mass is 353 g/mol. The van der Waals surface area contributed by atoms with Crippen LogP contribution in [0.2, 0.25) is 0 Å². The van der Waals surface area contributed by atoms with Gasteiger partial charge in [0.05, 0.1) is 17.4 Å². The van der Waals surface area contributed by atoms with Crippen LogP contribution in [0.5, 0.6) is 0 Å². The number of aryl methyl sites for hydroxylation is 2. The molecule has 6 heteroatoms. The largest absolute Gasteiger partial charge is 0.459 e. The second-order valence-corrected chi connectivity index (χ2v) is 6.70. The first-order valence-corrected chi connectivity index (χ1v) is 8.55. The number of carbonyl (C=O) groups is 2. The predicted octanol–water partition coefficient (Wildman–Crippen LogP) is 3.94. The Hall–Kier alpha value is -3.02. The standard InChI is InChI=1S/C20H23N3O3/c1-11(2)26-20(25)17-12(3)18(21-13(17)4)19(24)22-15-7-6-8-16-14(15)9-10-23(16)5/h6-11,21H,1-5H3,(H,22,24). The van der Waals surface area contributed by atoms with E-state index in [2.05, 4.69) is 10.3 Å². The fourth-order valence-corrected chi connectivity index (χ4v) is 3.15. The number of nitrogens with zero attached hydrogens (tertiary/aromatic N) is 1. The molecule has 136 valence electrons. The van der Waals surface area contributed by atoms with Gasteiger partial charge in [0.15, 0.2) is 0 Å². The maximum Gasteiger partial charge on any atom is 0.340 e. The Kier molecular flexibility index (Phi) is 4.59. The summed E-state index contributed by atoms with van der Waals surface area (Å²) in [4.78, 5) is 28.1. The van der Waals surface area contributed by atoms with Gasteiger partial charge in [0.25, 0.3) is 5.91 Å². The lowest BCUT2D eigenvalue weighted by molar-refractivity contribution is 0.0376. The molecule has 2 heterocycles. The van der Waals surface area contributed by atoms with Gasteiger partial charge in [-0.1, -0.05) is 6.07 Å². The van der Waals surface area contributed by atoms with Crippen LogP contribution in [0.3, 0.4) is 0 Å². The summed E-state index contributed by atoms with van der Waals surface area (Å²) in [7, 11) is 1.96. The van der Waals surface area contributed by atoms with Crippen LogP contribution in [-0.2, 0) is 11.8 Å². The SMILES string of the molecule is Cc1[nH]c(C(=O)Nc2cccc3c2ccn3C)c(C)c1C(=O)OC(C)C. The van der Waals surface area contributed by atoms with Gasteiger partial charge in [-0.05, 0) is 51.5 Å². The Bertz CT molecular complexity index is 995. The molecule has 0 spiro atoms. The highest BCUT2D eigenvalue weighted by Crippen LogP contribution is 2.26. The number of fused-ring (bicyclic) bond motifs is 1. The van der Waals surface area contributed by atoms with Crippen LogP contribution in [-0.4, -0.2) is 27.5 Å². The highest BCUT2D eigenvalue weighted by atomic mass is 16.5. The Morgan fingerprint density at radius 2 is 1.92 bits per heavy atom. The fourth-order valence-electron chi connectivity index (χ4n) is 3.15. The van der Waals surface area contributed by atoms with E-state index in [1.807, 2.05) is 42.1 Å². The van der Waals surface area contributed by atoms with Gasteiger partial charge in [0, 0.05) is 29.8 Å². The van der Waals surface area contributed by atoms with Crippen molar-refractivity contribution in [2.75, 3.05) is 5.32 Å². The molecule has 0 aliphatic rings. The van der Waals surface area contributed by atoms with Crippen LogP contribution in [0.1, 0.15) is 46.0 Å². The van der Waals surface area contributed by atoms with Crippen LogP contribution in [0.25, 0.3) is 10.9 Å². The summed E-state index contributed by atoms with van der Waals surface area (Å²) >= 11 is 0. The second-order valence-electron chi connectivity index (χ2n) is 6.70. The van der Waals surface area contributed by atoms with Crippen LogP contribution < -0.4 is 5.32 Å². The number of nitrogens with one attached hydrogen (secondary N) is 2. The molecule has 26 heavy (non-hydrogen) atoms. The lowest BCUT2D eigenvalue weighted by Crippen LogP contribution is -2.15. The summed E-state index contributed by atoms with van der Waals surface area (Å²) in [6.45, 7) is 7.10. The van der Waals surface area contributed by atoms with Crippen molar-refractivity contribution < 1.29 is 14.3 Å². The van der Waals surface area contributed by atoms with E-state index >= 15 is 0 Å². The number of hydrogen-bond acceptors (Lipinski definition) is 3. The Balaban J connectivity index is 1.92. The molecule has 0 fully saturated rings. The molecule has 0 saturated carbocycles. The molecule has 0 saturated heterocycles. The number of hydrogen-bond donors (Lipinski definition) is 2. The quantitative estimate of drug-likeness (QED) is 0.698. The molecule has 3 aromatic rings. The Morgan fingerprint density at radius 3 is 2.62 bits per heavy atom. The Morgan fingerprint density at radius 1 is 1.19 bits per heavy atom. The van der Waals surface area contributed by atoms with Crippen molar-refractivity contribution in [2.45, 2.75) is 33.8 Å². The van der Waals surface area contributed by atoms with Gasteiger partial charge in [0.2, 0.25) is 0 Å². The zero-order chi connectivity index (χ0) is 19.0. The number of anilines is 1. The normalized spacial score (nSPS) is 11.2. The minimum Gasteiger partial charge on any atom is -0.459 e. The third-order valence-corrected chi connectivity index (χ3v) is 4.39. The van der Waals surface area contributed by atoms with Crippen molar-refractivity contribution in [1.29, 1.82) is 0 Å². The fraction of sp³-hybridized carbons (Fsp3) is 0.300. The predicted molar refractivity (Wildman–Crippen MR) is 102 cm³/mol. The summed E-state index contributed by atoms with van der Waals surface area (Å²) < 4.78 is 7.27. The van der Waals surface area contributed by atoms with Gasteiger partial charge in [-0.2, -0.15) is 0 Å². The van der Waals surface area contributed by atoms with Gasteiger partial charge in [-0.25, -0.2) is 4.79 Å². The summed E-state index contributed by atoms with van der Waals surface area (Å²) in [5.74, 6) is -0.707. The molecular weight excluding hydrogens is 330 g/mol. The minimum absolute atomic E-state index is 0.218. The molecule has 3 rings (SSSR count). The molecule has 0 aliphatic heterocycles. The number of amides is 1. The number of esters is 1. The Labute approximate surface area is 152 Å². The van der Waals surface area contributed by atoms with Gasteiger partial charge < -0.3 is 19.6 Å². The molecular formula is C20H23N3O3. The average Bonchev–Trinajstić information content (AvgIpc) is 3.08. The molecule has 0 bridgehead atoms. The molecule has 2 N–H and O–H groups in total. The number of benzene rings is 1. The number of ether oxygens (including phenoxy) is 1. The van der Waals surface area contributed by atoms with Crippen molar-refractivity contribution >= 4 is 28.5 Å². The van der Waals surface area contributed by atoms with E-state index in [-0.39, 0.29) is 12.0 Å². The van der Waals surface area contributed by atoms with E-state index in [1.54, 1.807) is 27.7 Å². The second kappa shape index (κ2) is 6.71. The minimum atomic E-state index is -0.421. The number of aromatic nitrogens is 2. The molecule has 0 unspecified atom stereocenters.